The van der Waals surface area contributed by atoms with Gasteiger partial charge in [-0.1, -0.05) is 68.9 Å². The number of hydrogen-bond acceptors (Lipinski definition) is 2. The second-order valence-electron chi connectivity index (χ2n) is 5.62. The van der Waals surface area contributed by atoms with Crippen LogP contribution in [0.4, 0.5) is 0 Å². The maximum Gasteiger partial charge on any atom is 0.240 e. The van der Waals surface area contributed by atoms with Gasteiger partial charge in [0.05, 0.1) is 5.71 Å². The predicted octanol–water partition coefficient (Wildman–Crippen LogP) is 4.59. The minimum atomic E-state index is 0.0116. The fourth-order valence-corrected chi connectivity index (χ4v) is 2.20. The van der Waals surface area contributed by atoms with Crippen molar-refractivity contribution in [2.45, 2.75) is 65.7 Å². The molecule has 116 valence electrons. The van der Waals surface area contributed by atoms with Gasteiger partial charge in [0.1, 0.15) is 0 Å². The minimum absolute atomic E-state index is 0.0116. The summed E-state index contributed by atoms with van der Waals surface area (Å²) in [5.74, 6) is 0.0116. The second kappa shape index (κ2) is 10.1. The van der Waals surface area contributed by atoms with E-state index >= 15 is 0 Å². The van der Waals surface area contributed by atoms with Crippen LogP contribution in [0.1, 0.15) is 69.9 Å². The molecule has 0 unspecified atom stereocenters. The van der Waals surface area contributed by atoms with Crippen molar-refractivity contribution in [3.8, 4) is 0 Å². The highest BCUT2D eigenvalue weighted by atomic mass is 16.2. The Labute approximate surface area is 128 Å². The molecule has 1 N–H and O–H groups in total. The average molecular weight is 288 g/mol. The third kappa shape index (κ3) is 7.64. The molecule has 3 heteroatoms. The lowest BCUT2D eigenvalue weighted by molar-refractivity contribution is -0.121. The van der Waals surface area contributed by atoms with E-state index in [4.69, 9.17) is 0 Å². The van der Waals surface area contributed by atoms with Crippen molar-refractivity contribution in [2.24, 2.45) is 5.10 Å². The van der Waals surface area contributed by atoms with Crippen LogP contribution in [0.2, 0.25) is 0 Å². The number of nitrogens with zero attached hydrogens (tertiary/aromatic N) is 1. The highest BCUT2D eigenvalue weighted by molar-refractivity contribution is 5.99. The minimum Gasteiger partial charge on any atom is -0.273 e. The van der Waals surface area contributed by atoms with E-state index in [9.17, 15) is 4.79 Å². The van der Waals surface area contributed by atoms with Crippen molar-refractivity contribution in [2.75, 3.05) is 0 Å². The van der Waals surface area contributed by atoms with Gasteiger partial charge < -0.3 is 0 Å². The van der Waals surface area contributed by atoms with Crippen molar-refractivity contribution in [3.63, 3.8) is 0 Å². The van der Waals surface area contributed by atoms with Crippen molar-refractivity contribution in [1.29, 1.82) is 0 Å². The Kier molecular flexibility index (Phi) is 8.41. The molecule has 0 fully saturated rings. The van der Waals surface area contributed by atoms with Crippen LogP contribution in [0.3, 0.4) is 0 Å². The van der Waals surface area contributed by atoms with Crippen LogP contribution in [0, 0.1) is 6.92 Å². The number of nitrogens with one attached hydrogen (secondary N) is 1. The van der Waals surface area contributed by atoms with Crippen molar-refractivity contribution in [3.05, 3.63) is 35.4 Å². The molecule has 1 aromatic rings. The average Bonchev–Trinajstić information content (AvgIpc) is 2.48. The summed E-state index contributed by atoms with van der Waals surface area (Å²) >= 11 is 0. The molecule has 21 heavy (non-hydrogen) atoms. The van der Waals surface area contributed by atoms with Crippen LogP contribution < -0.4 is 5.43 Å². The molecule has 0 aliphatic heterocycles. The molecular formula is C18H28N2O. The van der Waals surface area contributed by atoms with Crippen molar-refractivity contribution < 1.29 is 4.79 Å². The van der Waals surface area contributed by atoms with Gasteiger partial charge in [-0.15, -0.1) is 0 Å². The van der Waals surface area contributed by atoms with Crippen LogP contribution in [-0.4, -0.2) is 11.6 Å². The van der Waals surface area contributed by atoms with Gasteiger partial charge >= 0.3 is 0 Å². The van der Waals surface area contributed by atoms with E-state index in [1.54, 1.807) is 0 Å². The zero-order valence-corrected chi connectivity index (χ0v) is 13.6. The molecule has 1 amide bonds. The summed E-state index contributed by atoms with van der Waals surface area (Å²) in [4.78, 5) is 11.7. The van der Waals surface area contributed by atoms with E-state index in [0.29, 0.717) is 6.42 Å². The monoisotopic (exact) mass is 288 g/mol. The summed E-state index contributed by atoms with van der Waals surface area (Å²) in [6.45, 7) is 6.18. The topological polar surface area (TPSA) is 41.5 Å². The Bertz CT molecular complexity index is 466. The molecule has 0 aliphatic rings. The zero-order chi connectivity index (χ0) is 15.5. The maximum atomic E-state index is 11.7. The first kappa shape index (κ1) is 17.4. The lowest BCUT2D eigenvalue weighted by atomic mass is 10.1. The SMILES string of the molecule is CCCCCCCCC(=O)N/N=C(\C)c1cccc(C)c1. The zero-order valence-electron chi connectivity index (χ0n) is 13.6. The molecule has 1 rings (SSSR count). The third-order valence-electron chi connectivity index (χ3n) is 3.54. The van der Waals surface area contributed by atoms with E-state index in [-0.39, 0.29) is 5.91 Å². The van der Waals surface area contributed by atoms with Crippen LogP contribution in [-0.2, 0) is 4.79 Å². The lowest BCUT2D eigenvalue weighted by Gasteiger charge is -2.04. The Morgan fingerprint density at radius 3 is 2.57 bits per heavy atom. The first-order valence-electron chi connectivity index (χ1n) is 8.03. The van der Waals surface area contributed by atoms with Gasteiger partial charge in [-0.3, -0.25) is 4.79 Å². The number of carbonyl (C=O) groups excluding carboxylic acids is 1. The quantitative estimate of drug-likeness (QED) is 0.403. The van der Waals surface area contributed by atoms with Gasteiger partial charge in [-0.05, 0) is 25.8 Å². The fraction of sp³-hybridized carbons (Fsp3) is 0.556. The van der Waals surface area contributed by atoms with E-state index in [1.807, 2.05) is 32.0 Å². The van der Waals surface area contributed by atoms with Gasteiger partial charge in [0, 0.05) is 6.42 Å². The van der Waals surface area contributed by atoms with Gasteiger partial charge in [0.25, 0.3) is 0 Å². The molecule has 0 heterocycles. The summed E-state index contributed by atoms with van der Waals surface area (Å²) < 4.78 is 0. The van der Waals surface area contributed by atoms with Crippen molar-refractivity contribution in [1.82, 2.24) is 5.43 Å². The highest BCUT2D eigenvalue weighted by Gasteiger charge is 2.01. The molecule has 1 aromatic carbocycles. The summed E-state index contributed by atoms with van der Waals surface area (Å²) in [6, 6.07) is 8.13. The van der Waals surface area contributed by atoms with Gasteiger partial charge in [-0.2, -0.15) is 5.10 Å². The number of amides is 1. The molecule has 0 aromatic heterocycles. The number of carbonyl (C=O) groups is 1. The molecule has 0 aliphatic carbocycles. The van der Waals surface area contributed by atoms with Gasteiger partial charge in [0.15, 0.2) is 0 Å². The van der Waals surface area contributed by atoms with E-state index in [1.165, 1.54) is 31.2 Å². The lowest BCUT2D eigenvalue weighted by Crippen LogP contribution is -2.18. The number of rotatable bonds is 9. The van der Waals surface area contributed by atoms with Crippen LogP contribution >= 0.6 is 0 Å². The highest BCUT2D eigenvalue weighted by Crippen LogP contribution is 2.07. The van der Waals surface area contributed by atoms with E-state index < -0.39 is 0 Å². The molecular weight excluding hydrogens is 260 g/mol. The molecule has 0 saturated heterocycles. The Morgan fingerprint density at radius 1 is 1.14 bits per heavy atom. The van der Waals surface area contributed by atoms with Crippen molar-refractivity contribution >= 4 is 11.6 Å². The first-order valence-corrected chi connectivity index (χ1v) is 8.03. The molecule has 0 radical (unpaired) electrons. The number of hydrogen-bond donors (Lipinski definition) is 1. The Morgan fingerprint density at radius 2 is 1.86 bits per heavy atom. The molecule has 0 saturated carbocycles. The Balaban J connectivity index is 2.27. The summed E-state index contributed by atoms with van der Waals surface area (Å²) in [5, 5.41) is 4.18. The fourth-order valence-electron chi connectivity index (χ4n) is 2.20. The van der Waals surface area contributed by atoms with E-state index in [2.05, 4.69) is 23.5 Å². The van der Waals surface area contributed by atoms with Crippen LogP contribution in [0.5, 0.6) is 0 Å². The number of aryl methyl sites for hydroxylation is 1. The number of unbranched alkanes of at least 4 members (excludes halogenated alkanes) is 5. The first-order chi connectivity index (χ1) is 10.1. The molecule has 3 nitrogen and oxygen atoms in total. The van der Waals surface area contributed by atoms with Gasteiger partial charge in [-0.25, -0.2) is 5.43 Å². The normalized spacial score (nSPS) is 11.5. The summed E-state index contributed by atoms with van der Waals surface area (Å²) in [7, 11) is 0. The molecule has 0 atom stereocenters. The van der Waals surface area contributed by atoms with Crippen LogP contribution in [0.15, 0.2) is 29.4 Å². The van der Waals surface area contributed by atoms with Crippen LogP contribution in [0.25, 0.3) is 0 Å². The third-order valence-corrected chi connectivity index (χ3v) is 3.54. The van der Waals surface area contributed by atoms with E-state index in [0.717, 1.165) is 24.1 Å². The summed E-state index contributed by atoms with van der Waals surface area (Å²) in [6.07, 6.45) is 7.72. The predicted molar refractivity (Wildman–Crippen MR) is 89.5 cm³/mol. The summed E-state index contributed by atoms with van der Waals surface area (Å²) in [5.41, 5.74) is 5.74. The number of hydrazone groups is 1. The molecule has 0 spiro atoms. The smallest absolute Gasteiger partial charge is 0.240 e. The second-order valence-corrected chi connectivity index (χ2v) is 5.62. The largest absolute Gasteiger partial charge is 0.273 e. The maximum absolute atomic E-state index is 11.7. The van der Waals surface area contributed by atoms with Gasteiger partial charge in [0.2, 0.25) is 5.91 Å². The Hall–Kier alpha value is -1.64. The standard InChI is InChI=1S/C18H28N2O/c1-4-5-6-7-8-9-13-18(21)20-19-16(3)17-12-10-11-15(2)14-17/h10-12,14H,4-9,13H2,1-3H3,(H,20,21)/b19-16+. The number of benzene rings is 1. The molecule has 0 bridgehead atoms.